The predicted molar refractivity (Wildman–Crippen MR) is 82.0 cm³/mol. The number of anilines is 3. The fourth-order valence-corrected chi connectivity index (χ4v) is 1.91. The van der Waals surface area contributed by atoms with Gasteiger partial charge in [0.05, 0.1) is 18.0 Å². The Kier molecular flexibility index (Phi) is 4.57. The summed E-state index contributed by atoms with van der Waals surface area (Å²) in [5.74, 6) is -0.468. The van der Waals surface area contributed by atoms with Crippen molar-refractivity contribution in [2.45, 2.75) is 25.6 Å². The number of aromatic nitrogens is 4. The van der Waals surface area contributed by atoms with Crippen molar-refractivity contribution in [3.63, 3.8) is 0 Å². The van der Waals surface area contributed by atoms with E-state index in [0.29, 0.717) is 6.20 Å². The number of hydrogen-bond acceptors (Lipinski definition) is 6. The first-order chi connectivity index (χ1) is 11.1. The molecule has 2 aromatic rings. The van der Waals surface area contributed by atoms with Crippen LogP contribution >= 0.6 is 11.6 Å². The molecule has 0 radical (unpaired) electrons. The Balaban J connectivity index is 2.35. The molecular weight excluding hydrogens is 347 g/mol. The second-order valence-electron chi connectivity index (χ2n) is 5.28. The second kappa shape index (κ2) is 6.16. The van der Waals surface area contributed by atoms with Gasteiger partial charge in [-0.1, -0.05) is 11.6 Å². The lowest BCUT2D eigenvalue weighted by atomic mass is 10.1. The van der Waals surface area contributed by atoms with Gasteiger partial charge in [-0.25, -0.2) is 9.67 Å². The van der Waals surface area contributed by atoms with E-state index in [-0.39, 0.29) is 22.6 Å². The molecule has 0 bridgehead atoms. The molecule has 2 heterocycles. The SMILES string of the molecule is CNc1nc(Nc2cn(C(C)(C)C#N)nc2Cl)ncc1C(F)(F)F. The Morgan fingerprint density at radius 2 is 2.00 bits per heavy atom. The van der Waals surface area contributed by atoms with Crippen molar-refractivity contribution >= 4 is 29.1 Å². The lowest BCUT2D eigenvalue weighted by Gasteiger charge is -2.15. The van der Waals surface area contributed by atoms with Gasteiger partial charge in [0.2, 0.25) is 5.95 Å². The third-order valence-corrected chi connectivity index (χ3v) is 3.37. The van der Waals surface area contributed by atoms with E-state index in [2.05, 4.69) is 31.8 Å². The number of nitriles is 1. The summed E-state index contributed by atoms with van der Waals surface area (Å²) in [6, 6.07) is 2.05. The molecule has 0 atom stereocenters. The molecule has 0 amide bonds. The Morgan fingerprint density at radius 1 is 1.33 bits per heavy atom. The van der Waals surface area contributed by atoms with Crippen LogP contribution < -0.4 is 10.6 Å². The summed E-state index contributed by atoms with van der Waals surface area (Å²) in [4.78, 5) is 7.41. The number of halogens is 4. The van der Waals surface area contributed by atoms with Gasteiger partial charge in [-0.2, -0.15) is 28.5 Å². The van der Waals surface area contributed by atoms with Gasteiger partial charge >= 0.3 is 6.18 Å². The van der Waals surface area contributed by atoms with Crippen LogP contribution in [0, 0.1) is 11.3 Å². The van der Waals surface area contributed by atoms with Crippen molar-refractivity contribution in [3.8, 4) is 6.07 Å². The van der Waals surface area contributed by atoms with E-state index in [1.54, 1.807) is 13.8 Å². The van der Waals surface area contributed by atoms with Crippen LogP contribution in [0.15, 0.2) is 12.4 Å². The Hall–Kier alpha value is -2.54. The van der Waals surface area contributed by atoms with Crippen LogP contribution in [0.2, 0.25) is 5.15 Å². The molecule has 0 aliphatic rings. The highest BCUT2D eigenvalue weighted by atomic mass is 35.5. The van der Waals surface area contributed by atoms with Gasteiger partial charge in [-0.15, -0.1) is 0 Å². The summed E-state index contributed by atoms with van der Waals surface area (Å²) in [5.41, 5.74) is -1.66. The van der Waals surface area contributed by atoms with Crippen LogP contribution in [-0.4, -0.2) is 26.8 Å². The fourth-order valence-electron chi connectivity index (χ4n) is 1.73. The lowest BCUT2D eigenvalue weighted by molar-refractivity contribution is -0.137. The molecular formula is C13H13ClF3N7. The summed E-state index contributed by atoms with van der Waals surface area (Å²) in [6.07, 6.45) is -2.46. The molecule has 0 aromatic carbocycles. The molecule has 2 rings (SSSR count). The summed E-state index contributed by atoms with van der Waals surface area (Å²) in [7, 11) is 1.32. The minimum atomic E-state index is -4.57. The normalized spacial score (nSPS) is 11.9. The van der Waals surface area contributed by atoms with Gasteiger partial charge in [0.15, 0.2) is 5.15 Å². The van der Waals surface area contributed by atoms with Crippen molar-refractivity contribution in [3.05, 3.63) is 23.1 Å². The molecule has 0 aliphatic carbocycles. The molecule has 0 fully saturated rings. The maximum absolute atomic E-state index is 12.8. The molecule has 11 heteroatoms. The lowest BCUT2D eigenvalue weighted by Crippen LogP contribution is -2.24. The first kappa shape index (κ1) is 17.8. The third-order valence-electron chi connectivity index (χ3n) is 3.09. The number of hydrogen-bond donors (Lipinski definition) is 2. The zero-order valence-electron chi connectivity index (χ0n) is 12.9. The van der Waals surface area contributed by atoms with Gasteiger partial charge in [-0.05, 0) is 13.8 Å². The molecule has 0 spiro atoms. The highest BCUT2D eigenvalue weighted by Gasteiger charge is 2.35. The average Bonchev–Trinajstić information content (AvgIpc) is 2.88. The van der Waals surface area contributed by atoms with E-state index in [1.807, 2.05) is 0 Å². The topological polar surface area (TPSA) is 91.5 Å². The summed E-state index contributed by atoms with van der Waals surface area (Å²) in [5, 5.41) is 18.2. The summed E-state index contributed by atoms with van der Waals surface area (Å²) in [6.45, 7) is 3.27. The smallest absolute Gasteiger partial charge is 0.372 e. The van der Waals surface area contributed by atoms with Crippen LogP contribution in [0.25, 0.3) is 0 Å². The van der Waals surface area contributed by atoms with Crippen molar-refractivity contribution < 1.29 is 13.2 Å². The number of nitrogens with one attached hydrogen (secondary N) is 2. The highest BCUT2D eigenvalue weighted by molar-refractivity contribution is 6.32. The molecule has 0 saturated carbocycles. The van der Waals surface area contributed by atoms with Crippen molar-refractivity contribution in [1.29, 1.82) is 5.26 Å². The van der Waals surface area contributed by atoms with E-state index < -0.39 is 17.3 Å². The Morgan fingerprint density at radius 3 is 2.54 bits per heavy atom. The Bertz CT molecular complexity index is 792. The summed E-state index contributed by atoms with van der Waals surface area (Å²) >= 11 is 5.98. The average molecular weight is 360 g/mol. The summed E-state index contributed by atoms with van der Waals surface area (Å²) < 4.78 is 39.8. The Labute approximate surface area is 140 Å². The molecule has 7 nitrogen and oxygen atoms in total. The molecule has 0 saturated heterocycles. The van der Waals surface area contributed by atoms with Crippen molar-refractivity contribution in [2.24, 2.45) is 0 Å². The molecule has 24 heavy (non-hydrogen) atoms. The van der Waals surface area contributed by atoms with Crippen LogP contribution in [0.5, 0.6) is 0 Å². The van der Waals surface area contributed by atoms with E-state index in [4.69, 9.17) is 16.9 Å². The maximum atomic E-state index is 12.8. The van der Waals surface area contributed by atoms with Crippen LogP contribution in [-0.2, 0) is 11.7 Å². The first-order valence-electron chi connectivity index (χ1n) is 6.64. The fraction of sp³-hybridized carbons (Fsp3) is 0.385. The zero-order valence-corrected chi connectivity index (χ0v) is 13.7. The van der Waals surface area contributed by atoms with Gasteiger partial charge < -0.3 is 10.6 Å². The van der Waals surface area contributed by atoms with Gasteiger partial charge in [0.25, 0.3) is 0 Å². The van der Waals surface area contributed by atoms with Crippen molar-refractivity contribution in [1.82, 2.24) is 19.7 Å². The minimum absolute atomic E-state index is 0.0350. The van der Waals surface area contributed by atoms with Crippen LogP contribution in [0.4, 0.5) is 30.6 Å². The minimum Gasteiger partial charge on any atom is -0.372 e. The van der Waals surface area contributed by atoms with Crippen LogP contribution in [0.3, 0.4) is 0 Å². The third kappa shape index (κ3) is 3.51. The van der Waals surface area contributed by atoms with Crippen molar-refractivity contribution in [2.75, 3.05) is 17.7 Å². The zero-order chi connectivity index (χ0) is 18.1. The van der Waals surface area contributed by atoms with E-state index in [1.165, 1.54) is 17.9 Å². The van der Waals surface area contributed by atoms with E-state index in [9.17, 15) is 13.2 Å². The monoisotopic (exact) mass is 359 g/mol. The first-order valence-corrected chi connectivity index (χ1v) is 7.02. The molecule has 128 valence electrons. The van der Waals surface area contributed by atoms with Gasteiger partial charge in [0, 0.05) is 13.2 Å². The largest absolute Gasteiger partial charge is 0.421 e. The second-order valence-corrected chi connectivity index (χ2v) is 5.64. The number of nitrogens with zero attached hydrogens (tertiary/aromatic N) is 5. The van der Waals surface area contributed by atoms with Gasteiger partial charge in [0.1, 0.15) is 16.9 Å². The standard InChI is InChI=1S/C13H13ClF3N7/c1-12(2,6-18)24-5-8(9(14)23-24)21-11-20-4-7(13(15,16)17)10(19-3)22-11/h4-5H,1-3H3,(H2,19,20,21,22). The maximum Gasteiger partial charge on any atom is 0.421 e. The molecule has 2 aromatic heterocycles. The predicted octanol–water partition coefficient (Wildman–Crippen LogP) is 3.39. The molecule has 0 unspecified atom stereocenters. The quantitative estimate of drug-likeness (QED) is 0.869. The number of rotatable bonds is 4. The van der Waals surface area contributed by atoms with Gasteiger partial charge in [-0.3, -0.25) is 0 Å². The molecule has 0 aliphatic heterocycles. The molecule has 2 N–H and O–H groups in total. The highest BCUT2D eigenvalue weighted by Crippen LogP contribution is 2.34. The van der Waals surface area contributed by atoms with E-state index >= 15 is 0 Å². The number of alkyl halides is 3. The van der Waals surface area contributed by atoms with E-state index in [0.717, 1.165) is 0 Å². The van der Waals surface area contributed by atoms with Crippen LogP contribution in [0.1, 0.15) is 19.4 Å².